The monoisotopic (exact) mass is 257 g/mol. The maximum absolute atomic E-state index is 14.1. The van der Waals surface area contributed by atoms with Crippen molar-refractivity contribution in [3.63, 3.8) is 0 Å². The summed E-state index contributed by atoms with van der Waals surface area (Å²) in [7, 11) is 0. The number of nitrogens with zero attached hydrogens (tertiary/aromatic N) is 1. The average Bonchev–Trinajstić information content (AvgIpc) is 2.37. The van der Waals surface area contributed by atoms with Crippen molar-refractivity contribution in [3.8, 4) is 11.8 Å². The third-order valence-electron chi connectivity index (χ3n) is 3.31. The van der Waals surface area contributed by atoms with E-state index >= 15 is 0 Å². The number of nitriles is 1. The van der Waals surface area contributed by atoms with Crippen LogP contribution in [-0.2, 0) is 0 Å². The minimum Gasteiger partial charge on any atom is -0.480 e. The van der Waals surface area contributed by atoms with E-state index in [1.807, 2.05) is 38.1 Å². The zero-order chi connectivity index (χ0) is 14.0. The van der Waals surface area contributed by atoms with Gasteiger partial charge < -0.3 is 4.74 Å². The van der Waals surface area contributed by atoms with Crippen molar-refractivity contribution in [3.05, 3.63) is 52.9 Å². The molecular formula is C16H16FNO. The fourth-order valence-electron chi connectivity index (χ4n) is 1.98. The van der Waals surface area contributed by atoms with E-state index in [0.29, 0.717) is 17.7 Å². The predicted molar refractivity (Wildman–Crippen MR) is 72.5 cm³/mol. The van der Waals surface area contributed by atoms with Crippen LogP contribution in [0.5, 0.6) is 5.75 Å². The van der Waals surface area contributed by atoms with Crippen molar-refractivity contribution in [2.24, 2.45) is 0 Å². The van der Waals surface area contributed by atoms with Crippen LogP contribution >= 0.6 is 0 Å². The van der Waals surface area contributed by atoms with Gasteiger partial charge in [0.2, 0.25) is 0 Å². The normalized spacial score (nSPS) is 22.3. The molecule has 0 aliphatic heterocycles. The lowest BCUT2D eigenvalue weighted by atomic mass is 9.92. The van der Waals surface area contributed by atoms with Gasteiger partial charge in [0.15, 0.2) is 5.60 Å². The highest BCUT2D eigenvalue weighted by Gasteiger charge is 2.34. The summed E-state index contributed by atoms with van der Waals surface area (Å²) in [5.74, 6) is 0.271. The van der Waals surface area contributed by atoms with Gasteiger partial charge in [-0.05, 0) is 44.0 Å². The molecule has 3 heteroatoms. The Hall–Kier alpha value is -2.08. The SMILES string of the molecule is Cc1ccc(C)c(OC2(C)CC=C(C#N)C=C2F)c1. The van der Waals surface area contributed by atoms with Gasteiger partial charge in [-0.3, -0.25) is 0 Å². The second-order valence-electron chi connectivity index (χ2n) is 5.07. The van der Waals surface area contributed by atoms with E-state index < -0.39 is 11.4 Å². The van der Waals surface area contributed by atoms with Crippen molar-refractivity contribution >= 4 is 0 Å². The highest BCUT2D eigenvalue weighted by molar-refractivity contribution is 5.42. The highest BCUT2D eigenvalue weighted by Crippen LogP contribution is 2.35. The van der Waals surface area contributed by atoms with Gasteiger partial charge >= 0.3 is 0 Å². The van der Waals surface area contributed by atoms with Crippen LogP contribution in [0.4, 0.5) is 4.39 Å². The van der Waals surface area contributed by atoms with Crippen molar-refractivity contribution in [2.75, 3.05) is 0 Å². The molecule has 0 N–H and O–H groups in total. The van der Waals surface area contributed by atoms with Crippen LogP contribution in [0.3, 0.4) is 0 Å². The van der Waals surface area contributed by atoms with Crippen molar-refractivity contribution in [1.29, 1.82) is 5.26 Å². The molecule has 0 fully saturated rings. The molecule has 0 saturated heterocycles. The van der Waals surface area contributed by atoms with E-state index in [1.54, 1.807) is 13.0 Å². The Kier molecular flexibility index (Phi) is 3.44. The second kappa shape index (κ2) is 4.89. The van der Waals surface area contributed by atoms with E-state index in [2.05, 4.69) is 0 Å². The van der Waals surface area contributed by atoms with Gasteiger partial charge in [-0.1, -0.05) is 18.2 Å². The Morgan fingerprint density at radius 2 is 2.11 bits per heavy atom. The molecule has 2 nitrogen and oxygen atoms in total. The fraction of sp³-hybridized carbons (Fsp3) is 0.312. The van der Waals surface area contributed by atoms with E-state index in [4.69, 9.17) is 10.00 Å². The van der Waals surface area contributed by atoms with E-state index in [0.717, 1.165) is 11.1 Å². The van der Waals surface area contributed by atoms with Gasteiger partial charge in [-0.2, -0.15) is 5.26 Å². The third-order valence-corrected chi connectivity index (χ3v) is 3.31. The minimum absolute atomic E-state index is 0.347. The van der Waals surface area contributed by atoms with Crippen molar-refractivity contribution in [2.45, 2.75) is 32.8 Å². The van der Waals surface area contributed by atoms with E-state index in [1.165, 1.54) is 6.08 Å². The molecule has 0 saturated carbocycles. The lowest BCUT2D eigenvalue weighted by molar-refractivity contribution is 0.102. The van der Waals surface area contributed by atoms with Crippen LogP contribution in [0.1, 0.15) is 24.5 Å². The number of ether oxygens (including phenoxy) is 1. The molecule has 0 heterocycles. The number of hydrogen-bond donors (Lipinski definition) is 0. The number of rotatable bonds is 2. The first kappa shape index (κ1) is 13.4. The van der Waals surface area contributed by atoms with Crippen molar-refractivity contribution < 1.29 is 9.13 Å². The molecule has 1 aliphatic carbocycles. The second-order valence-corrected chi connectivity index (χ2v) is 5.07. The fourth-order valence-corrected chi connectivity index (χ4v) is 1.98. The molecule has 1 unspecified atom stereocenters. The molecule has 19 heavy (non-hydrogen) atoms. The summed E-state index contributed by atoms with van der Waals surface area (Å²) in [5, 5.41) is 8.78. The zero-order valence-corrected chi connectivity index (χ0v) is 11.3. The topological polar surface area (TPSA) is 33.0 Å². The molecule has 1 aliphatic rings. The highest BCUT2D eigenvalue weighted by atomic mass is 19.1. The average molecular weight is 257 g/mol. The Morgan fingerprint density at radius 1 is 1.37 bits per heavy atom. The maximum atomic E-state index is 14.1. The predicted octanol–water partition coefficient (Wildman–Crippen LogP) is 4.15. The smallest absolute Gasteiger partial charge is 0.161 e. The molecule has 0 radical (unpaired) electrons. The lowest BCUT2D eigenvalue weighted by Crippen LogP contribution is -2.34. The quantitative estimate of drug-likeness (QED) is 0.797. The van der Waals surface area contributed by atoms with Gasteiger partial charge in [0.05, 0.1) is 11.6 Å². The van der Waals surface area contributed by atoms with Crippen LogP contribution in [0.25, 0.3) is 0 Å². The number of benzene rings is 1. The Labute approximate surface area is 112 Å². The molecule has 1 aromatic rings. The maximum Gasteiger partial charge on any atom is 0.161 e. The van der Waals surface area contributed by atoms with Crippen LogP contribution in [0.2, 0.25) is 0 Å². The van der Waals surface area contributed by atoms with Crippen LogP contribution in [0.15, 0.2) is 41.8 Å². The molecule has 1 aromatic carbocycles. The summed E-state index contributed by atoms with van der Waals surface area (Å²) in [6.45, 7) is 5.60. The number of hydrogen-bond acceptors (Lipinski definition) is 2. The standard InChI is InChI=1S/C16H16FNO/c1-11-4-5-12(2)14(8-11)19-16(3)7-6-13(10-18)9-15(16)17/h4-6,8-9H,7H2,1-3H3. The van der Waals surface area contributed by atoms with Gasteiger partial charge in [0.1, 0.15) is 11.6 Å². The zero-order valence-electron chi connectivity index (χ0n) is 11.3. The Balaban J connectivity index is 2.29. The first-order chi connectivity index (χ1) is 8.94. The van der Waals surface area contributed by atoms with Gasteiger partial charge in [0, 0.05) is 6.42 Å². The van der Waals surface area contributed by atoms with E-state index in [9.17, 15) is 4.39 Å². The Morgan fingerprint density at radius 3 is 2.74 bits per heavy atom. The lowest BCUT2D eigenvalue weighted by Gasteiger charge is -2.31. The molecular weight excluding hydrogens is 241 g/mol. The van der Waals surface area contributed by atoms with Crippen LogP contribution < -0.4 is 4.74 Å². The van der Waals surface area contributed by atoms with Crippen LogP contribution in [0, 0.1) is 25.2 Å². The van der Waals surface area contributed by atoms with Gasteiger partial charge in [0.25, 0.3) is 0 Å². The number of allylic oxidation sites excluding steroid dienone is 2. The third kappa shape index (κ3) is 2.68. The molecule has 2 rings (SSSR count). The summed E-state index contributed by atoms with van der Waals surface area (Å²) < 4.78 is 20.0. The van der Waals surface area contributed by atoms with Gasteiger partial charge in [-0.15, -0.1) is 0 Å². The van der Waals surface area contributed by atoms with Crippen LogP contribution in [-0.4, -0.2) is 5.60 Å². The number of halogens is 1. The molecule has 98 valence electrons. The number of aryl methyl sites for hydroxylation is 2. The van der Waals surface area contributed by atoms with E-state index in [-0.39, 0.29) is 0 Å². The Bertz CT molecular complexity index is 610. The summed E-state index contributed by atoms with van der Waals surface area (Å²) in [5.41, 5.74) is 1.35. The summed E-state index contributed by atoms with van der Waals surface area (Å²) in [4.78, 5) is 0. The van der Waals surface area contributed by atoms with Gasteiger partial charge in [-0.25, -0.2) is 4.39 Å². The first-order valence-electron chi connectivity index (χ1n) is 6.19. The summed E-state index contributed by atoms with van der Waals surface area (Å²) in [6.07, 6.45) is 3.30. The molecule has 0 bridgehead atoms. The molecule has 0 aromatic heterocycles. The largest absolute Gasteiger partial charge is 0.480 e. The molecule has 1 atom stereocenters. The summed E-state index contributed by atoms with van der Waals surface area (Å²) >= 11 is 0. The first-order valence-corrected chi connectivity index (χ1v) is 6.19. The molecule has 0 spiro atoms. The minimum atomic E-state index is -1.03. The van der Waals surface area contributed by atoms with Crippen molar-refractivity contribution in [1.82, 2.24) is 0 Å². The molecule has 0 amide bonds. The summed E-state index contributed by atoms with van der Waals surface area (Å²) in [6, 6.07) is 7.79.